The molecule has 2 atom stereocenters. The third kappa shape index (κ3) is 4.77. The van der Waals surface area contributed by atoms with Crippen LogP contribution in [0.4, 0.5) is 4.39 Å². The molecule has 1 saturated heterocycles. The number of carbonyl (C=O) groups is 1. The number of aliphatic hydroxyl groups excluding tert-OH is 1. The summed E-state index contributed by atoms with van der Waals surface area (Å²) in [7, 11) is 0. The van der Waals surface area contributed by atoms with E-state index in [-0.39, 0.29) is 24.3 Å². The van der Waals surface area contributed by atoms with Crippen molar-refractivity contribution >= 4 is 17.7 Å². The summed E-state index contributed by atoms with van der Waals surface area (Å²) in [6.07, 6.45) is -0.392. The molecular formula is C14H19FN2O2S. The molecule has 1 aliphatic rings. The number of thioether (sulfide) groups is 1. The zero-order valence-corrected chi connectivity index (χ0v) is 12.0. The second-order valence-electron chi connectivity index (χ2n) is 4.80. The first-order chi connectivity index (χ1) is 9.65. The van der Waals surface area contributed by atoms with Crippen LogP contribution in [0, 0.1) is 5.82 Å². The van der Waals surface area contributed by atoms with Gasteiger partial charge in [0.05, 0.1) is 6.10 Å². The first-order valence-corrected chi connectivity index (χ1v) is 7.82. The number of benzene rings is 1. The van der Waals surface area contributed by atoms with Crippen molar-refractivity contribution in [1.82, 2.24) is 10.6 Å². The van der Waals surface area contributed by atoms with E-state index in [0.29, 0.717) is 12.0 Å². The van der Waals surface area contributed by atoms with Gasteiger partial charge in [-0.05, 0) is 17.7 Å². The first kappa shape index (κ1) is 15.3. The second kappa shape index (κ2) is 7.61. The minimum atomic E-state index is -0.812. The molecule has 20 heavy (non-hydrogen) atoms. The third-order valence-electron chi connectivity index (χ3n) is 3.18. The van der Waals surface area contributed by atoms with Crippen molar-refractivity contribution in [3.63, 3.8) is 0 Å². The van der Waals surface area contributed by atoms with E-state index in [0.717, 1.165) is 18.1 Å². The largest absolute Gasteiger partial charge is 0.387 e. The van der Waals surface area contributed by atoms with Crippen molar-refractivity contribution in [2.45, 2.75) is 18.6 Å². The molecule has 1 aromatic rings. The highest BCUT2D eigenvalue weighted by Gasteiger charge is 2.17. The summed E-state index contributed by atoms with van der Waals surface area (Å²) in [5.41, 5.74) is 0.595. The molecule has 0 aromatic heterocycles. The summed E-state index contributed by atoms with van der Waals surface area (Å²) in [6.45, 7) is 1.07. The first-order valence-electron chi connectivity index (χ1n) is 6.66. The van der Waals surface area contributed by atoms with Gasteiger partial charge in [-0.3, -0.25) is 4.79 Å². The molecule has 2 rings (SSSR count). The Balaban J connectivity index is 1.73. The van der Waals surface area contributed by atoms with E-state index in [1.165, 1.54) is 24.3 Å². The third-order valence-corrected chi connectivity index (χ3v) is 4.31. The van der Waals surface area contributed by atoms with Crippen LogP contribution in [-0.2, 0) is 4.79 Å². The van der Waals surface area contributed by atoms with Crippen LogP contribution in [0.5, 0.6) is 0 Å². The summed E-state index contributed by atoms with van der Waals surface area (Å²) in [5, 5.41) is 15.9. The minimum absolute atomic E-state index is 0.0776. The van der Waals surface area contributed by atoms with Gasteiger partial charge in [-0.25, -0.2) is 4.39 Å². The van der Waals surface area contributed by atoms with E-state index in [1.807, 2.05) is 11.8 Å². The van der Waals surface area contributed by atoms with Gasteiger partial charge >= 0.3 is 0 Å². The number of nitrogens with one attached hydrogen (secondary N) is 2. The van der Waals surface area contributed by atoms with Crippen LogP contribution in [0.1, 0.15) is 18.1 Å². The van der Waals surface area contributed by atoms with Crippen LogP contribution >= 0.6 is 11.8 Å². The van der Waals surface area contributed by atoms with Crippen LogP contribution in [-0.4, -0.2) is 41.7 Å². The molecular weight excluding hydrogens is 279 g/mol. The summed E-state index contributed by atoms with van der Waals surface area (Å²) < 4.78 is 12.8. The molecule has 1 fully saturated rings. The number of carbonyl (C=O) groups excluding carboxylic acids is 1. The molecule has 3 N–H and O–H groups in total. The Morgan fingerprint density at radius 2 is 2.25 bits per heavy atom. The summed E-state index contributed by atoms with van der Waals surface area (Å²) in [6, 6.07) is 5.83. The Morgan fingerprint density at radius 1 is 1.50 bits per heavy atom. The van der Waals surface area contributed by atoms with Crippen molar-refractivity contribution in [3.05, 3.63) is 35.6 Å². The molecule has 0 saturated carbocycles. The molecule has 1 heterocycles. The summed E-state index contributed by atoms with van der Waals surface area (Å²) in [4.78, 5) is 11.8. The predicted molar refractivity (Wildman–Crippen MR) is 78.1 cm³/mol. The molecule has 0 radical (unpaired) electrons. The van der Waals surface area contributed by atoms with Crippen molar-refractivity contribution < 1.29 is 14.3 Å². The predicted octanol–water partition coefficient (Wildman–Crippen LogP) is 1.07. The Labute approximate surface area is 122 Å². The highest BCUT2D eigenvalue weighted by atomic mass is 32.2. The van der Waals surface area contributed by atoms with Gasteiger partial charge in [0.1, 0.15) is 5.82 Å². The average molecular weight is 298 g/mol. The van der Waals surface area contributed by atoms with Gasteiger partial charge in [0.2, 0.25) is 5.91 Å². The number of hydrogen-bond acceptors (Lipinski definition) is 4. The van der Waals surface area contributed by atoms with Gasteiger partial charge in [0, 0.05) is 37.1 Å². The molecule has 1 amide bonds. The molecule has 1 aliphatic heterocycles. The molecule has 1 aromatic carbocycles. The highest BCUT2D eigenvalue weighted by Crippen LogP contribution is 2.13. The van der Waals surface area contributed by atoms with Gasteiger partial charge in [-0.15, -0.1) is 0 Å². The maximum atomic E-state index is 12.8. The molecule has 2 unspecified atom stereocenters. The van der Waals surface area contributed by atoms with Crippen molar-refractivity contribution in [2.75, 3.05) is 24.6 Å². The van der Waals surface area contributed by atoms with Crippen LogP contribution < -0.4 is 10.6 Å². The number of rotatable bonds is 5. The van der Waals surface area contributed by atoms with Crippen molar-refractivity contribution in [2.24, 2.45) is 0 Å². The van der Waals surface area contributed by atoms with E-state index in [2.05, 4.69) is 10.6 Å². The molecule has 0 aliphatic carbocycles. The lowest BCUT2D eigenvalue weighted by atomic mass is 10.1. The number of halogens is 1. The molecule has 110 valence electrons. The van der Waals surface area contributed by atoms with Crippen LogP contribution in [0.3, 0.4) is 0 Å². The van der Waals surface area contributed by atoms with Gasteiger partial charge in [-0.2, -0.15) is 11.8 Å². The lowest BCUT2D eigenvalue weighted by Gasteiger charge is -2.22. The highest BCUT2D eigenvalue weighted by molar-refractivity contribution is 7.99. The number of aliphatic hydroxyl groups is 1. The SMILES string of the molecule is O=C(CC1CSCCN1)NCC(O)c1ccc(F)cc1. The second-order valence-corrected chi connectivity index (χ2v) is 5.95. The lowest BCUT2D eigenvalue weighted by Crippen LogP contribution is -2.41. The lowest BCUT2D eigenvalue weighted by molar-refractivity contribution is -0.121. The Hall–Kier alpha value is -1.11. The smallest absolute Gasteiger partial charge is 0.221 e. The normalized spacial score (nSPS) is 20.4. The Morgan fingerprint density at radius 3 is 2.90 bits per heavy atom. The van der Waals surface area contributed by atoms with Gasteiger partial charge in [-0.1, -0.05) is 12.1 Å². The maximum absolute atomic E-state index is 12.8. The van der Waals surface area contributed by atoms with Crippen LogP contribution in [0.25, 0.3) is 0 Å². The zero-order valence-electron chi connectivity index (χ0n) is 11.1. The number of amides is 1. The standard InChI is InChI=1S/C14H19FN2O2S/c15-11-3-1-10(2-4-11)13(18)8-17-14(19)7-12-9-20-6-5-16-12/h1-4,12-13,16,18H,5-9H2,(H,17,19). The monoisotopic (exact) mass is 298 g/mol. The van der Waals surface area contributed by atoms with E-state index in [9.17, 15) is 14.3 Å². The summed E-state index contributed by atoms with van der Waals surface area (Å²) >= 11 is 1.84. The van der Waals surface area contributed by atoms with E-state index in [1.54, 1.807) is 0 Å². The van der Waals surface area contributed by atoms with Gasteiger partial charge in [0.15, 0.2) is 0 Å². The van der Waals surface area contributed by atoms with Gasteiger partial charge < -0.3 is 15.7 Å². The number of hydrogen-bond donors (Lipinski definition) is 3. The van der Waals surface area contributed by atoms with Crippen LogP contribution in [0.15, 0.2) is 24.3 Å². The summed E-state index contributed by atoms with van der Waals surface area (Å²) in [5.74, 6) is 1.60. The van der Waals surface area contributed by atoms with E-state index >= 15 is 0 Å². The fraction of sp³-hybridized carbons (Fsp3) is 0.500. The van der Waals surface area contributed by atoms with Crippen molar-refractivity contribution in [1.29, 1.82) is 0 Å². The minimum Gasteiger partial charge on any atom is -0.387 e. The van der Waals surface area contributed by atoms with E-state index in [4.69, 9.17) is 0 Å². The fourth-order valence-electron chi connectivity index (χ4n) is 2.06. The molecule has 0 bridgehead atoms. The van der Waals surface area contributed by atoms with Crippen molar-refractivity contribution in [3.8, 4) is 0 Å². The molecule has 6 heteroatoms. The fourth-order valence-corrected chi connectivity index (χ4v) is 3.01. The topological polar surface area (TPSA) is 61.4 Å². The Kier molecular flexibility index (Phi) is 5.82. The quantitative estimate of drug-likeness (QED) is 0.761. The molecule has 0 spiro atoms. The zero-order chi connectivity index (χ0) is 14.4. The Bertz CT molecular complexity index is 435. The van der Waals surface area contributed by atoms with Crippen LogP contribution in [0.2, 0.25) is 0 Å². The van der Waals surface area contributed by atoms with E-state index < -0.39 is 6.10 Å². The maximum Gasteiger partial charge on any atom is 0.221 e. The average Bonchev–Trinajstić information content (AvgIpc) is 2.46. The van der Waals surface area contributed by atoms with Gasteiger partial charge in [0.25, 0.3) is 0 Å². The molecule has 4 nitrogen and oxygen atoms in total.